The third kappa shape index (κ3) is 1.66. The van der Waals surface area contributed by atoms with E-state index in [9.17, 15) is 0 Å². The van der Waals surface area contributed by atoms with E-state index >= 15 is 0 Å². The van der Waals surface area contributed by atoms with Gasteiger partial charge in [-0.3, -0.25) is 5.10 Å². The van der Waals surface area contributed by atoms with Gasteiger partial charge in [-0.05, 0) is 25.1 Å². The summed E-state index contributed by atoms with van der Waals surface area (Å²) in [5, 5.41) is 9.00. The Hall–Kier alpha value is -1.27. The predicted molar refractivity (Wildman–Crippen MR) is 61.5 cm³/mol. The van der Waals surface area contributed by atoms with Crippen LogP contribution < -0.4 is 0 Å². The first-order valence-corrected chi connectivity index (χ1v) is 5.43. The number of benzene rings is 1. The van der Waals surface area contributed by atoms with Crippen LogP contribution in [-0.2, 0) is 0 Å². The van der Waals surface area contributed by atoms with E-state index < -0.39 is 0 Å². The number of halogens is 1. The molecule has 0 amide bonds. The average Bonchev–Trinajstić information content (AvgIpc) is 2.57. The predicted octanol–water partition coefficient (Wildman–Crippen LogP) is 2.62. The zero-order valence-corrected chi connectivity index (χ0v) is 9.35. The summed E-state index contributed by atoms with van der Waals surface area (Å²) >= 11 is 3.27. The summed E-state index contributed by atoms with van der Waals surface area (Å²) in [6, 6.07) is 6.06. The summed E-state index contributed by atoms with van der Waals surface area (Å²) in [6.45, 7) is 2.01. The molecular formula is C11H9BrN2. The lowest BCUT2D eigenvalue weighted by Gasteiger charge is -1.90. The molecule has 0 bridgehead atoms. The number of H-pyrrole nitrogens is 1. The second-order valence-corrected chi connectivity index (χ2v) is 3.58. The van der Waals surface area contributed by atoms with E-state index in [1.54, 1.807) is 0 Å². The number of fused-ring (bicyclic) bond motifs is 1. The van der Waals surface area contributed by atoms with Crippen molar-refractivity contribution in [3.8, 4) is 11.8 Å². The Labute approximate surface area is 90.8 Å². The fourth-order valence-electron chi connectivity index (χ4n) is 1.36. The van der Waals surface area contributed by atoms with Gasteiger partial charge in [-0.25, -0.2) is 0 Å². The van der Waals surface area contributed by atoms with Crippen LogP contribution in [-0.4, -0.2) is 15.5 Å². The van der Waals surface area contributed by atoms with Crippen LogP contribution in [0.25, 0.3) is 10.9 Å². The van der Waals surface area contributed by atoms with Crippen LogP contribution in [0, 0.1) is 18.8 Å². The zero-order valence-electron chi connectivity index (χ0n) is 7.76. The summed E-state index contributed by atoms with van der Waals surface area (Å²) < 4.78 is 0. The first-order chi connectivity index (χ1) is 6.81. The smallest absolute Gasteiger partial charge is 0.0936 e. The molecule has 2 aromatic rings. The van der Waals surface area contributed by atoms with Gasteiger partial charge in [-0.2, -0.15) is 5.10 Å². The molecule has 0 fully saturated rings. The van der Waals surface area contributed by atoms with Crippen molar-refractivity contribution in [3.63, 3.8) is 0 Å². The molecule has 0 atom stereocenters. The molecule has 70 valence electrons. The molecule has 2 rings (SSSR count). The van der Waals surface area contributed by atoms with Gasteiger partial charge < -0.3 is 0 Å². The SMILES string of the molecule is Cc1[nH]nc2cc(C#CCBr)ccc12. The van der Waals surface area contributed by atoms with Gasteiger partial charge in [0.2, 0.25) is 0 Å². The molecule has 0 aliphatic heterocycles. The normalized spacial score (nSPS) is 9.86. The van der Waals surface area contributed by atoms with Crippen LogP contribution in [0.1, 0.15) is 11.3 Å². The number of hydrogen-bond acceptors (Lipinski definition) is 1. The first-order valence-electron chi connectivity index (χ1n) is 4.31. The Kier molecular flexibility index (Phi) is 2.55. The minimum atomic E-state index is 0.699. The van der Waals surface area contributed by atoms with Crippen LogP contribution in [0.4, 0.5) is 0 Å². The molecule has 0 spiro atoms. The van der Waals surface area contributed by atoms with E-state index in [0.29, 0.717) is 5.33 Å². The second kappa shape index (κ2) is 3.85. The van der Waals surface area contributed by atoms with Crippen molar-refractivity contribution < 1.29 is 0 Å². The van der Waals surface area contributed by atoms with E-state index in [2.05, 4.69) is 38.0 Å². The van der Waals surface area contributed by atoms with Gasteiger partial charge >= 0.3 is 0 Å². The molecule has 14 heavy (non-hydrogen) atoms. The van der Waals surface area contributed by atoms with Gasteiger partial charge in [0.25, 0.3) is 0 Å². The lowest BCUT2D eigenvalue weighted by atomic mass is 10.1. The molecule has 0 unspecified atom stereocenters. The molecule has 0 aliphatic carbocycles. The average molecular weight is 249 g/mol. The van der Waals surface area contributed by atoms with Gasteiger partial charge in [0.05, 0.1) is 10.8 Å². The number of nitrogens with one attached hydrogen (secondary N) is 1. The van der Waals surface area contributed by atoms with Crippen molar-refractivity contribution in [2.24, 2.45) is 0 Å². The third-order valence-corrected chi connectivity index (χ3v) is 2.33. The minimum Gasteiger partial charge on any atom is -0.282 e. The number of rotatable bonds is 0. The van der Waals surface area contributed by atoms with Crippen LogP contribution >= 0.6 is 15.9 Å². The molecular weight excluding hydrogens is 240 g/mol. The van der Waals surface area contributed by atoms with Gasteiger partial charge in [0.1, 0.15) is 0 Å². The largest absolute Gasteiger partial charge is 0.282 e. The van der Waals surface area contributed by atoms with Crippen molar-refractivity contribution in [2.45, 2.75) is 6.92 Å². The molecule has 0 radical (unpaired) electrons. The molecule has 3 heteroatoms. The van der Waals surface area contributed by atoms with E-state index in [1.807, 2.05) is 25.1 Å². The maximum atomic E-state index is 4.18. The molecule has 0 saturated heterocycles. The van der Waals surface area contributed by atoms with Crippen molar-refractivity contribution in [2.75, 3.05) is 5.33 Å². The maximum Gasteiger partial charge on any atom is 0.0936 e. The highest BCUT2D eigenvalue weighted by atomic mass is 79.9. The monoisotopic (exact) mass is 248 g/mol. The Balaban J connectivity index is 2.52. The second-order valence-electron chi connectivity index (χ2n) is 3.02. The number of aromatic amines is 1. The molecule has 1 heterocycles. The van der Waals surface area contributed by atoms with Crippen molar-refractivity contribution in [1.29, 1.82) is 0 Å². The number of hydrogen-bond donors (Lipinski definition) is 1. The molecule has 1 aromatic heterocycles. The van der Waals surface area contributed by atoms with E-state index in [-0.39, 0.29) is 0 Å². The number of aromatic nitrogens is 2. The van der Waals surface area contributed by atoms with Crippen LogP contribution in [0.2, 0.25) is 0 Å². The summed E-state index contributed by atoms with van der Waals surface area (Å²) in [6.07, 6.45) is 0. The molecule has 0 aliphatic rings. The van der Waals surface area contributed by atoms with Crippen LogP contribution in [0.3, 0.4) is 0 Å². The quantitative estimate of drug-likeness (QED) is 0.564. The van der Waals surface area contributed by atoms with Gasteiger partial charge in [0.15, 0.2) is 0 Å². The lowest BCUT2D eigenvalue weighted by molar-refractivity contribution is 1.07. The summed E-state index contributed by atoms with van der Waals surface area (Å²) in [5.74, 6) is 6.01. The first kappa shape index (κ1) is 9.29. The molecule has 2 nitrogen and oxygen atoms in total. The topological polar surface area (TPSA) is 28.7 Å². The van der Waals surface area contributed by atoms with Crippen LogP contribution in [0.15, 0.2) is 18.2 Å². The zero-order chi connectivity index (χ0) is 9.97. The summed E-state index contributed by atoms with van der Waals surface area (Å²) in [5.41, 5.74) is 3.08. The van der Waals surface area contributed by atoms with Crippen molar-refractivity contribution in [3.05, 3.63) is 29.5 Å². The molecule has 0 saturated carbocycles. The highest BCUT2D eigenvalue weighted by molar-refractivity contribution is 9.09. The highest BCUT2D eigenvalue weighted by Gasteiger charge is 2.00. The fourth-order valence-corrected chi connectivity index (χ4v) is 1.50. The highest BCUT2D eigenvalue weighted by Crippen LogP contribution is 2.15. The Bertz CT molecular complexity index is 517. The maximum absolute atomic E-state index is 4.18. The number of nitrogens with zero attached hydrogens (tertiary/aromatic N) is 1. The standard InChI is InChI=1S/C11H9BrN2/c1-8-10-5-4-9(3-2-6-12)7-11(10)14-13-8/h4-5,7H,6H2,1H3,(H,13,14). The fraction of sp³-hybridized carbons (Fsp3) is 0.182. The lowest BCUT2D eigenvalue weighted by Crippen LogP contribution is -1.75. The Morgan fingerprint density at radius 2 is 2.36 bits per heavy atom. The molecule has 1 aromatic carbocycles. The summed E-state index contributed by atoms with van der Waals surface area (Å²) in [7, 11) is 0. The van der Waals surface area contributed by atoms with Gasteiger partial charge in [-0.15, -0.1) is 0 Å². The van der Waals surface area contributed by atoms with Crippen molar-refractivity contribution >= 4 is 26.8 Å². The van der Waals surface area contributed by atoms with E-state index in [0.717, 1.165) is 22.2 Å². The Morgan fingerprint density at radius 1 is 1.50 bits per heavy atom. The van der Waals surface area contributed by atoms with E-state index in [1.165, 1.54) is 0 Å². The van der Waals surface area contributed by atoms with Crippen LogP contribution in [0.5, 0.6) is 0 Å². The van der Waals surface area contributed by atoms with Gasteiger partial charge in [0, 0.05) is 16.6 Å². The summed E-state index contributed by atoms with van der Waals surface area (Å²) in [4.78, 5) is 0. The third-order valence-electron chi connectivity index (χ3n) is 2.05. The van der Waals surface area contributed by atoms with E-state index in [4.69, 9.17) is 0 Å². The Morgan fingerprint density at radius 3 is 3.14 bits per heavy atom. The minimum absolute atomic E-state index is 0.699. The van der Waals surface area contributed by atoms with Gasteiger partial charge in [-0.1, -0.05) is 27.8 Å². The van der Waals surface area contributed by atoms with Crippen molar-refractivity contribution in [1.82, 2.24) is 10.2 Å². The molecule has 1 N–H and O–H groups in total. The number of aryl methyl sites for hydroxylation is 1. The number of alkyl halides is 1.